The molecule has 4 nitrogen and oxygen atoms in total. The first-order valence-corrected chi connectivity index (χ1v) is 6.20. The Balaban J connectivity index is 2.69. The Kier molecular flexibility index (Phi) is 3.84. The van der Waals surface area contributed by atoms with Crippen LogP contribution in [0.25, 0.3) is 0 Å². The average molecular weight is 269 g/mol. The first-order valence-electron chi connectivity index (χ1n) is 6.20. The molecule has 0 aliphatic heterocycles. The van der Waals surface area contributed by atoms with Crippen LogP contribution in [0, 0.1) is 0 Å². The van der Waals surface area contributed by atoms with Gasteiger partial charge in [-0.25, -0.2) is 4.79 Å². The number of hydrogen-bond acceptors (Lipinski definition) is 2. The molecule has 0 unspecified atom stereocenters. The van der Waals surface area contributed by atoms with Crippen LogP contribution in [-0.4, -0.2) is 17.0 Å². The zero-order chi connectivity index (χ0) is 14.6. The van der Waals surface area contributed by atoms with E-state index in [0.29, 0.717) is 11.1 Å². The van der Waals surface area contributed by atoms with E-state index in [1.807, 2.05) is 0 Å². The van der Waals surface area contributed by atoms with Crippen LogP contribution in [0.1, 0.15) is 18.1 Å². The molecule has 0 bridgehead atoms. The summed E-state index contributed by atoms with van der Waals surface area (Å²) < 4.78 is 0. The fourth-order valence-electron chi connectivity index (χ4n) is 2.25. The summed E-state index contributed by atoms with van der Waals surface area (Å²) >= 11 is 0. The molecule has 20 heavy (non-hydrogen) atoms. The van der Waals surface area contributed by atoms with Crippen molar-refractivity contribution in [3.8, 4) is 0 Å². The van der Waals surface area contributed by atoms with E-state index < -0.39 is 17.4 Å². The summed E-state index contributed by atoms with van der Waals surface area (Å²) in [5, 5.41) is 12.4. The van der Waals surface area contributed by atoms with Crippen molar-refractivity contribution >= 4 is 11.9 Å². The number of hydrogen-bond donors (Lipinski definition) is 2. The summed E-state index contributed by atoms with van der Waals surface area (Å²) in [6.07, 6.45) is 0. The molecular formula is C16H15NO3. The molecule has 1 amide bonds. The van der Waals surface area contributed by atoms with Gasteiger partial charge in [0, 0.05) is 6.92 Å². The average Bonchev–Trinajstić information content (AvgIpc) is 2.46. The molecule has 0 saturated heterocycles. The Bertz CT molecular complexity index is 569. The van der Waals surface area contributed by atoms with Gasteiger partial charge in [-0.05, 0) is 11.1 Å². The molecule has 2 rings (SSSR count). The summed E-state index contributed by atoms with van der Waals surface area (Å²) in [6.45, 7) is 1.31. The maximum atomic E-state index is 11.9. The van der Waals surface area contributed by atoms with E-state index >= 15 is 0 Å². The molecule has 0 heterocycles. The summed E-state index contributed by atoms with van der Waals surface area (Å²) in [4.78, 5) is 23.5. The van der Waals surface area contributed by atoms with Gasteiger partial charge in [0.05, 0.1) is 0 Å². The molecule has 2 aromatic carbocycles. The highest BCUT2D eigenvalue weighted by atomic mass is 16.4. The number of nitrogens with one attached hydrogen (secondary N) is 1. The minimum absolute atomic E-state index is 0.403. The third kappa shape index (κ3) is 2.40. The lowest BCUT2D eigenvalue weighted by Gasteiger charge is -2.31. The van der Waals surface area contributed by atoms with Crippen LogP contribution < -0.4 is 5.32 Å². The smallest absolute Gasteiger partial charge is 0.338 e. The molecule has 0 aliphatic rings. The second-order valence-electron chi connectivity index (χ2n) is 4.47. The molecule has 0 radical (unpaired) electrons. The second kappa shape index (κ2) is 5.57. The van der Waals surface area contributed by atoms with E-state index in [9.17, 15) is 14.7 Å². The minimum atomic E-state index is -1.58. The van der Waals surface area contributed by atoms with Crippen molar-refractivity contribution in [3.05, 3.63) is 71.8 Å². The van der Waals surface area contributed by atoms with Crippen molar-refractivity contribution in [2.24, 2.45) is 0 Å². The van der Waals surface area contributed by atoms with Gasteiger partial charge in [0.2, 0.25) is 5.91 Å². The number of benzene rings is 2. The van der Waals surface area contributed by atoms with E-state index in [1.165, 1.54) is 6.92 Å². The highest BCUT2D eigenvalue weighted by Gasteiger charge is 2.43. The van der Waals surface area contributed by atoms with Gasteiger partial charge in [-0.2, -0.15) is 0 Å². The molecule has 0 aliphatic carbocycles. The second-order valence-corrected chi connectivity index (χ2v) is 4.47. The Morgan fingerprint density at radius 2 is 1.30 bits per heavy atom. The monoisotopic (exact) mass is 269 g/mol. The van der Waals surface area contributed by atoms with E-state index in [-0.39, 0.29) is 0 Å². The number of carboxylic acids is 1. The quantitative estimate of drug-likeness (QED) is 0.893. The lowest BCUT2D eigenvalue weighted by Crippen LogP contribution is -2.52. The summed E-state index contributed by atoms with van der Waals surface area (Å²) in [5.41, 5.74) is -0.559. The number of carboxylic acid groups (broad SMARTS) is 1. The minimum Gasteiger partial charge on any atom is -0.479 e. The van der Waals surface area contributed by atoms with Gasteiger partial charge < -0.3 is 10.4 Å². The van der Waals surface area contributed by atoms with Crippen molar-refractivity contribution in [2.45, 2.75) is 12.5 Å². The van der Waals surface area contributed by atoms with Crippen LogP contribution in [0.4, 0.5) is 0 Å². The SMILES string of the molecule is CC(=O)NC(C(=O)O)(c1ccccc1)c1ccccc1. The van der Waals surface area contributed by atoms with Gasteiger partial charge in [-0.1, -0.05) is 60.7 Å². The van der Waals surface area contributed by atoms with E-state index in [1.54, 1.807) is 60.7 Å². The first-order chi connectivity index (χ1) is 9.57. The number of carbonyl (C=O) groups excluding carboxylic acids is 1. The lowest BCUT2D eigenvalue weighted by molar-refractivity contribution is -0.145. The third-order valence-electron chi connectivity index (χ3n) is 3.10. The van der Waals surface area contributed by atoms with Crippen molar-refractivity contribution in [1.82, 2.24) is 5.32 Å². The van der Waals surface area contributed by atoms with E-state index in [0.717, 1.165) is 0 Å². The van der Waals surface area contributed by atoms with Crippen molar-refractivity contribution in [3.63, 3.8) is 0 Å². The molecule has 0 fully saturated rings. The highest BCUT2D eigenvalue weighted by molar-refractivity contribution is 5.90. The molecule has 0 aromatic heterocycles. The highest BCUT2D eigenvalue weighted by Crippen LogP contribution is 2.30. The molecule has 0 saturated carbocycles. The van der Waals surface area contributed by atoms with Crippen molar-refractivity contribution < 1.29 is 14.7 Å². The van der Waals surface area contributed by atoms with Crippen LogP contribution in [-0.2, 0) is 15.1 Å². The van der Waals surface area contributed by atoms with Gasteiger partial charge in [0.15, 0.2) is 5.54 Å². The summed E-state index contributed by atoms with van der Waals surface area (Å²) in [6, 6.07) is 17.4. The topological polar surface area (TPSA) is 66.4 Å². The first kappa shape index (κ1) is 13.8. The predicted molar refractivity (Wildman–Crippen MR) is 75.1 cm³/mol. The number of aliphatic carboxylic acids is 1. The van der Waals surface area contributed by atoms with Crippen LogP contribution in [0.15, 0.2) is 60.7 Å². The van der Waals surface area contributed by atoms with Gasteiger partial charge in [0.25, 0.3) is 0 Å². The molecule has 2 N–H and O–H groups in total. The molecule has 0 atom stereocenters. The Morgan fingerprint density at radius 1 is 0.900 bits per heavy atom. The maximum absolute atomic E-state index is 11.9. The standard InChI is InChI=1S/C16H15NO3/c1-12(18)17-16(15(19)20,13-8-4-2-5-9-13)14-10-6-3-7-11-14/h2-11H,1H3,(H,17,18)(H,19,20). The number of carbonyl (C=O) groups is 2. The van der Waals surface area contributed by atoms with Crippen LogP contribution >= 0.6 is 0 Å². The normalized spacial score (nSPS) is 10.8. The number of amides is 1. The zero-order valence-corrected chi connectivity index (χ0v) is 11.0. The fraction of sp³-hybridized carbons (Fsp3) is 0.125. The Hall–Kier alpha value is -2.62. The molecular weight excluding hydrogens is 254 g/mol. The van der Waals surface area contributed by atoms with Crippen LogP contribution in [0.3, 0.4) is 0 Å². The Morgan fingerprint density at radius 3 is 1.60 bits per heavy atom. The number of rotatable bonds is 4. The fourth-order valence-corrected chi connectivity index (χ4v) is 2.25. The third-order valence-corrected chi connectivity index (χ3v) is 3.10. The van der Waals surface area contributed by atoms with Crippen LogP contribution in [0.2, 0.25) is 0 Å². The van der Waals surface area contributed by atoms with E-state index in [4.69, 9.17) is 0 Å². The molecule has 2 aromatic rings. The zero-order valence-electron chi connectivity index (χ0n) is 11.0. The van der Waals surface area contributed by atoms with Gasteiger partial charge in [-0.3, -0.25) is 4.79 Å². The predicted octanol–water partition coefficient (Wildman–Crippen LogP) is 2.15. The lowest BCUT2D eigenvalue weighted by atomic mass is 9.82. The van der Waals surface area contributed by atoms with Crippen molar-refractivity contribution in [1.29, 1.82) is 0 Å². The van der Waals surface area contributed by atoms with Crippen molar-refractivity contribution in [2.75, 3.05) is 0 Å². The van der Waals surface area contributed by atoms with Gasteiger partial charge in [0.1, 0.15) is 0 Å². The maximum Gasteiger partial charge on any atom is 0.338 e. The summed E-state index contributed by atoms with van der Waals surface area (Å²) in [5.74, 6) is -1.52. The Labute approximate surface area is 117 Å². The van der Waals surface area contributed by atoms with E-state index in [2.05, 4.69) is 5.32 Å². The molecule has 0 spiro atoms. The summed E-state index contributed by atoms with van der Waals surface area (Å²) in [7, 11) is 0. The molecule has 4 heteroatoms. The largest absolute Gasteiger partial charge is 0.479 e. The van der Waals surface area contributed by atoms with Gasteiger partial charge in [-0.15, -0.1) is 0 Å². The van der Waals surface area contributed by atoms with Crippen LogP contribution in [0.5, 0.6) is 0 Å². The molecule has 102 valence electrons. The van der Waals surface area contributed by atoms with Gasteiger partial charge >= 0.3 is 5.97 Å².